The summed E-state index contributed by atoms with van der Waals surface area (Å²) in [5, 5.41) is 7.25. The van der Waals surface area contributed by atoms with Crippen LogP contribution in [0.2, 0.25) is 0 Å². The molecule has 0 saturated carbocycles. The molecule has 0 fully saturated rings. The van der Waals surface area contributed by atoms with Gasteiger partial charge in [0.15, 0.2) is 5.76 Å². The third-order valence-corrected chi connectivity index (χ3v) is 4.46. The van der Waals surface area contributed by atoms with Gasteiger partial charge in [0, 0.05) is 17.1 Å². The predicted octanol–water partition coefficient (Wildman–Crippen LogP) is 5.22. The fourth-order valence-corrected chi connectivity index (χ4v) is 3.12. The number of aromatic nitrogens is 3. The van der Waals surface area contributed by atoms with Gasteiger partial charge in [-0.2, -0.15) is 11.3 Å². The molecule has 0 aliphatic rings. The molecule has 0 radical (unpaired) electrons. The lowest BCUT2D eigenvalue weighted by Crippen LogP contribution is -1.98. The number of oxazole rings is 1. The van der Waals surface area contributed by atoms with E-state index in [9.17, 15) is 0 Å². The van der Waals surface area contributed by atoms with Crippen molar-refractivity contribution in [2.75, 3.05) is 5.32 Å². The van der Waals surface area contributed by atoms with Crippen molar-refractivity contribution in [2.45, 2.75) is 13.8 Å². The second-order valence-corrected chi connectivity index (χ2v) is 6.53. The highest BCUT2D eigenvalue weighted by Crippen LogP contribution is 2.29. The van der Waals surface area contributed by atoms with E-state index in [0.29, 0.717) is 17.5 Å². The van der Waals surface area contributed by atoms with Gasteiger partial charge in [0.25, 0.3) is 0 Å². The average molecular weight is 348 g/mol. The summed E-state index contributed by atoms with van der Waals surface area (Å²) in [5.41, 5.74) is 3.91. The molecule has 0 atom stereocenters. The van der Waals surface area contributed by atoms with E-state index < -0.39 is 0 Å². The zero-order valence-corrected chi connectivity index (χ0v) is 14.7. The molecule has 0 amide bonds. The molecule has 25 heavy (non-hydrogen) atoms. The normalized spacial score (nSPS) is 10.8. The number of anilines is 2. The molecule has 0 aromatic carbocycles. The fourth-order valence-electron chi connectivity index (χ4n) is 2.49. The van der Waals surface area contributed by atoms with E-state index in [2.05, 4.69) is 20.3 Å². The Bertz CT molecular complexity index is 1010. The SMILES string of the molecule is Cc1ccnc(Nc2ccc(C)c(-c3cnc(-c4ccsc4)o3)n2)c1. The molecule has 4 heterocycles. The quantitative estimate of drug-likeness (QED) is 0.548. The number of hydrogen-bond acceptors (Lipinski definition) is 6. The minimum absolute atomic E-state index is 0.608. The highest BCUT2D eigenvalue weighted by Gasteiger charge is 2.13. The van der Waals surface area contributed by atoms with Crippen LogP contribution in [0.1, 0.15) is 11.1 Å². The maximum Gasteiger partial charge on any atom is 0.227 e. The van der Waals surface area contributed by atoms with Gasteiger partial charge in [0.05, 0.1) is 6.20 Å². The van der Waals surface area contributed by atoms with Crippen LogP contribution < -0.4 is 5.32 Å². The molecule has 0 bridgehead atoms. The first-order chi connectivity index (χ1) is 12.2. The van der Waals surface area contributed by atoms with Crippen molar-refractivity contribution >= 4 is 23.0 Å². The van der Waals surface area contributed by atoms with Crippen LogP contribution in [0.15, 0.2) is 57.9 Å². The third kappa shape index (κ3) is 3.29. The van der Waals surface area contributed by atoms with Gasteiger partial charge < -0.3 is 9.73 Å². The lowest BCUT2D eigenvalue weighted by molar-refractivity contribution is 0.586. The molecule has 1 N–H and O–H groups in total. The van der Waals surface area contributed by atoms with E-state index in [1.807, 2.05) is 54.9 Å². The Balaban J connectivity index is 1.66. The first kappa shape index (κ1) is 15.5. The predicted molar refractivity (Wildman–Crippen MR) is 100 cm³/mol. The van der Waals surface area contributed by atoms with Gasteiger partial charge >= 0.3 is 0 Å². The summed E-state index contributed by atoms with van der Waals surface area (Å²) in [5.74, 6) is 2.74. The van der Waals surface area contributed by atoms with Crippen molar-refractivity contribution < 1.29 is 4.42 Å². The van der Waals surface area contributed by atoms with Crippen LogP contribution >= 0.6 is 11.3 Å². The summed E-state index contributed by atoms with van der Waals surface area (Å²) in [6.45, 7) is 4.03. The van der Waals surface area contributed by atoms with Gasteiger partial charge in [-0.15, -0.1) is 0 Å². The second-order valence-electron chi connectivity index (χ2n) is 5.75. The third-order valence-electron chi connectivity index (χ3n) is 3.78. The largest absolute Gasteiger partial charge is 0.434 e. The van der Waals surface area contributed by atoms with Crippen LogP contribution in [-0.4, -0.2) is 15.0 Å². The summed E-state index contributed by atoms with van der Waals surface area (Å²) >= 11 is 1.61. The monoisotopic (exact) mass is 348 g/mol. The smallest absolute Gasteiger partial charge is 0.227 e. The molecule has 4 aromatic heterocycles. The topological polar surface area (TPSA) is 63.8 Å². The summed E-state index contributed by atoms with van der Waals surface area (Å²) in [6, 6.07) is 9.86. The zero-order chi connectivity index (χ0) is 17.2. The van der Waals surface area contributed by atoms with Crippen molar-refractivity contribution in [1.29, 1.82) is 0 Å². The number of hydrogen-bond donors (Lipinski definition) is 1. The Morgan fingerprint density at radius 3 is 2.76 bits per heavy atom. The molecular formula is C19H16N4OS. The minimum atomic E-state index is 0.608. The number of nitrogens with zero attached hydrogens (tertiary/aromatic N) is 3. The fraction of sp³-hybridized carbons (Fsp3) is 0.105. The molecule has 6 heteroatoms. The van der Waals surface area contributed by atoms with E-state index in [1.165, 1.54) is 0 Å². The molecule has 0 spiro atoms. The van der Waals surface area contributed by atoms with Crippen LogP contribution in [0.5, 0.6) is 0 Å². The van der Waals surface area contributed by atoms with E-state index in [1.54, 1.807) is 23.7 Å². The first-order valence-electron chi connectivity index (χ1n) is 7.85. The Kier molecular flexibility index (Phi) is 4.03. The summed E-state index contributed by atoms with van der Waals surface area (Å²) < 4.78 is 5.91. The Hall–Kier alpha value is -2.99. The van der Waals surface area contributed by atoms with Gasteiger partial charge in [-0.3, -0.25) is 0 Å². The lowest BCUT2D eigenvalue weighted by atomic mass is 10.2. The molecule has 0 saturated heterocycles. The van der Waals surface area contributed by atoms with Gasteiger partial charge in [-0.05, 0) is 54.6 Å². The zero-order valence-electron chi connectivity index (χ0n) is 13.9. The first-order valence-corrected chi connectivity index (χ1v) is 8.79. The maximum atomic E-state index is 5.91. The van der Waals surface area contributed by atoms with Crippen LogP contribution in [0, 0.1) is 13.8 Å². The van der Waals surface area contributed by atoms with Crippen molar-refractivity contribution in [3.05, 3.63) is 64.6 Å². The highest BCUT2D eigenvalue weighted by molar-refractivity contribution is 7.08. The van der Waals surface area contributed by atoms with E-state index in [-0.39, 0.29) is 0 Å². The lowest BCUT2D eigenvalue weighted by Gasteiger charge is -2.08. The summed E-state index contributed by atoms with van der Waals surface area (Å²) in [7, 11) is 0. The number of rotatable bonds is 4. The highest BCUT2D eigenvalue weighted by atomic mass is 32.1. The Morgan fingerprint density at radius 2 is 1.96 bits per heavy atom. The van der Waals surface area contributed by atoms with Crippen molar-refractivity contribution in [1.82, 2.24) is 15.0 Å². The number of pyridine rings is 2. The second kappa shape index (κ2) is 6.49. The van der Waals surface area contributed by atoms with Crippen molar-refractivity contribution in [3.8, 4) is 22.9 Å². The molecule has 0 unspecified atom stereocenters. The van der Waals surface area contributed by atoms with Crippen molar-refractivity contribution in [2.24, 2.45) is 0 Å². The van der Waals surface area contributed by atoms with Crippen LogP contribution in [-0.2, 0) is 0 Å². The number of aryl methyl sites for hydroxylation is 2. The standard InChI is InChI=1S/C19H16N4OS/c1-12-5-7-20-17(9-12)22-16-4-3-13(2)18(23-16)15-10-21-19(24-15)14-6-8-25-11-14/h3-11H,1-2H3,(H,20,22,23). The van der Waals surface area contributed by atoms with E-state index in [0.717, 1.165) is 28.2 Å². The van der Waals surface area contributed by atoms with Gasteiger partial charge in [-0.25, -0.2) is 15.0 Å². The molecule has 0 aliphatic heterocycles. The van der Waals surface area contributed by atoms with Crippen molar-refractivity contribution in [3.63, 3.8) is 0 Å². The van der Waals surface area contributed by atoms with Gasteiger partial charge in [0.1, 0.15) is 17.3 Å². The number of nitrogens with one attached hydrogen (secondary N) is 1. The van der Waals surface area contributed by atoms with Crippen LogP contribution in [0.25, 0.3) is 22.9 Å². The van der Waals surface area contributed by atoms with Gasteiger partial charge in [0.2, 0.25) is 5.89 Å². The Morgan fingerprint density at radius 1 is 1.04 bits per heavy atom. The van der Waals surface area contributed by atoms with E-state index >= 15 is 0 Å². The minimum Gasteiger partial charge on any atom is -0.434 e. The molecule has 124 valence electrons. The van der Waals surface area contributed by atoms with Crippen LogP contribution in [0.4, 0.5) is 11.6 Å². The molecule has 5 nitrogen and oxygen atoms in total. The molecular weight excluding hydrogens is 332 g/mol. The molecule has 4 aromatic rings. The number of thiophene rings is 1. The summed E-state index contributed by atoms with van der Waals surface area (Å²) in [6.07, 6.45) is 3.49. The summed E-state index contributed by atoms with van der Waals surface area (Å²) in [4.78, 5) is 13.4. The maximum absolute atomic E-state index is 5.91. The van der Waals surface area contributed by atoms with Gasteiger partial charge in [-0.1, -0.05) is 6.07 Å². The average Bonchev–Trinajstić information content (AvgIpc) is 3.27. The molecule has 4 rings (SSSR count). The molecule has 0 aliphatic carbocycles. The Labute approximate surface area is 149 Å². The van der Waals surface area contributed by atoms with Crippen LogP contribution in [0.3, 0.4) is 0 Å². The van der Waals surface area contributed by atoms with E-state index in [4.69, 9.17) is 4.42 Å².